The highest BCUT2D eigenvalue weighted by Gasteiger charge is 2.44. The second-order valence-corrected chi connectivity index (χ2v) is 7.08. The maximum absolute atomic E-state index is 11.8. The lowest BCUT2D eigenvalue weighted by Gasteiger charge is -2.02. The molecule has 0 saturated heterocycles. The molecular weight excluding hydrogens is 438 g/mol. The van der Waals surface area contributed by atoms with Gasteiger partial charge in [0, 0.05) is 30.4 Å². The van der Waals surface area contributed by atoms with E-state index in [-0.39, 0.29) is 17.8 Å². The summed E-state index contributed by atoms with van der Waals surface area (Å²) in [5, 5.41) is 4.09. The predicted molar refractivity (Wildman–Crippen MR) is 141 cm³/mol. The van der Waals surface area contributed by atoms with E-state index in [0.29, 0.717) is 18.9 Å². The summed E-state index contributed by atoms with van der Waals surface area (Å²) in [5.74, 6) is 7.85. The lowest BCUT2D eigenvalue weighted by molar-refractivity contribution is -0.144. The molecule has 0 aliphatic heterocycles. The van der Waals surface area contributed by atoms with Crippen LogP contribution in [0.1, 0.15) is 96.1 Å². The van der Waals surface area contributed by atoms with Crippen molar-refractivity contribution in [3.05, 3.63) is 71.1 Å². The number of aryl methyl sites for hydroxylation is 1. The van der Waals surface area contributed by atoms with E-state index in [0.717, 1.165) is 35.5 Å². The van der Waals surface area contributed by atoms with Gasteiger partial charge in [0.25, 0.3) is 0 Å². The molecule has 0 N–H and O–H groups in total. The van der Waals surface area contributed by atoms with E-state index < -0.39 is 0 Å². The Hall–Kier alpha value is -3.33. The Morgan fingerprint density at radius 3 is 2.40 bits per heavy atom. The molecule has 0 spiro atoms. The van der Waals surface area contributed by atoms with Gasteiger partial charge in [-0.3, -0.25) is 4.79 Å². The van der Waals surface area contributed by atoms with Gasteiger partial charge in [-0.1, -0.05) is 71.7 Å². The molecule has 6 nitrogen and oxygen atoms in total. The summed E-state index contributed by atoms with van der Waals surface area (Å²) in [6.07, 6.45) is 5.46. The second-order valence-electron chi connectivity index (χ2n) is 7.08. The van der Waals surface area contributed by atoms with Crippen molar-refractivity contribution in [2.24, 2.45) is 5.92 Å². The lowest BCUT2D eigenvalue weighted by Crippen LogP contribution is -2.07. The summed E-state index contributed by atoms with van der Waals surface area (Å²) in [7, 11) is 0. The van der Waals surface area contributed by atoms with Crippen LogP contribution in [0.5, 0.6) is 0 Å². The van der Waals surface area contributed by atoms with Crippen molar-refractivity contribution in [2.75, 3.05) is 6.61 Å². The van der Waals surface area contributed by atoms with E-state index in [4.69, 9.17) is 9.26 Å². The molecule has 35 heavy (non-hydrogen) atoms. The van der Waals surface area contributed by atoms with Crippen molar-refractivity contribution in [1.29, 1.82) is 0 Å². The van der Waals surface area contributed by atoms with Crippen molar-refractivity contribution in [1.82, 2.24) is 14.7 Å². The molecule has 1 saturated carbocycles. The number of ether oxygens (including phenoxy) is 1. The van der Waals surface area contributed by atoms with Gasteiger partial charge in [0.15, 0.2) is 0 Å². The van der Waals surface area contributed by atoms with Gasteiger partial charge < -0.3 is 13.8 Å². The molecule has 2 heterocycles. The average Bonchev–Trinajstić information content (AvgIpc) is 3.39. The third kappa shape index (κ3) is 8.75. The topological polar surface area (TPSA) is 70.2 Å². The van der Waals surface area contributed by atoms with Crippen LogP contribution in [0.3, 0.4) is 0 Å². The zero-order valence-electron chi connectivity index (χ0n) is 22.6. The zero-order chi connectivity index (χ0) is 26.2. The molecular formula is C29H41N3O3. The number of benzene rings is 1. The van der Waals surface area contributed by atoms with Crippen molar-refractivity contribution in [3.63, 3.8) is 0 Å². The molecule has 2 aromatic heterocycles. The van der Waals surface area contributed by atoms with Gasteiger partial charge in [0.05, 0.1) is 19.1 Å². The Kier molecular flexibility index (Phi) is 13.9. The molecule has 2 atom stereocenters. The summed E-state index contributed by atoms with van der Waals surface area (Å²) >= 11 is 0. The number of carbonyl (C=O) groups is 1. The number of aromatic nitrogens is 3. The lowest BCUT2D eigenvalue weighted by atomic mass is 10.1. The minimum atomic E-state index is -0.0933. The van der Waals surface area contributed by atoms with Crippen LogP contribution in [0.25, 0.3) is 0 Å². The number of carbonyl (C=O) groups excluding carboxylic acids is 1. The fourth-order valence-corrected chi connectivity index (χ4v) is 3.44. The van der Waals surface area contributed by atoms with Crippen LogP contribution in [0.2, 0.25) is 0 Å². The molecule has 1 fully saturated rings. The van der Waals surface area contributed by atoms with Crippen molar-refractivity contribution in [2.45, 2.75) is 80.7 Å². The number of esters is 1. The van der Waals surface area contributed by atoms with Crippen molar-refractivity contribution in [3.8, 4) is 11.8 Å². The Balaban J connectivity index is 0.000000949. The van der Waals surface area contributed by atoms with Gasteiger partial charge in [-0.15, -0.1) is 0 Å². The summed E-state index contributed by atoms with van der Waals surface area (Å²) in [5.41, 5.74) is 2.86. The van der Waals surface area contributed by atoms with Crippen molar-refractivity contribution < 1.29 is 14.1 Å². The summed E-state index contributed by atoms with van der Waals surface area (Å²) in [6, 6.07) is 9.86. The maximum Gasteiger partial charge on any atom is 0.309 e. The van der Waals surface area contributed by atoms with E-state index in [1.165, 1.54) is 0 Å². The molecule has 1 aliphatic carbocycles. The minimum Gasteiger partial charge on any atom is -0.466 e. The highest BCUT2D eigenvalue weighted by molar-refractivity contribution is 5.77. The number of hydrogen-bond donors (Lipinski definition) is 0. The molecule has 0 radical (unpaired) electrons. The molecule has 190 valence electrons. The average molecular weight is 480 g/mol. The number of hydrogen-bond acceptors (Lipinski definition) is 5. The third-order valence-corrected chi connectivity index (χ3v) is 5.06. The zero-order valence-corrected chi connectivity index (χ0v) is 22.6. The van der Waals surface area contributed by atoms with Gasteiger partial charge >= 0.3 is 5.97 Å². The van der Waals surface area contributed by atoms with Gasteiger partial charge in [-0.05, 0) is 42.9 Å². The predicted octanol–water partition coefficient (Wildman–Crippen LogP) is 6.63. The first kappa shape index (κ1) is 29.7. The standard InChI is InChI=1S/C23H23N3O3.3C2H6/c1-3-22-24-11-12-26(22)15-18-13-19(29-25-18)10-7-16-5-8-17(9-6-16)20-14-21(20)23(27)28-4-2;3*1-2/h5-6,8-9,11-13,20-21H,3-4,14-15H2,1-2H3;3*1-2H3. The number of nitrogens with zero attached hydrogens (tertiary/aromatic N) is 3. The quantitative estimate of drug-likeness (QED) is 0.293. The molecule has 6 heteroatoms. The molecule has 1 aromatic carbocycles. The van der Waals surface area contributed by atoms with Crippen LogP contribution in [-0.2, 0) is 22.5 Å². The molecule has 2 unspecified atom stereocenters. The molecule has 0 bridgehead atoms. The SMILES string of the molecule is CC.CC.CC.CCOC(=O)C1CC1c1ccc(C#Cc2cc(Cn3ccnc3CC)no2)cc1. The van der Waals surface area contributed by atoms with E-state index >= 15 is 0 Å². The number of rotatable bonds is 6. The third-order valence-electron chi connectivity index (χ3n) is 5.06. The highest BCUT2D eigenvalue weighted by Crippen LogP contribution is 2.48. The molecule has 1 aliphatic rings. The van der Waals surface area contributed by atoms with E-state index in [1.807, 2.05) is 85.0 Å². The number of imidazole rings is 1. The van der Waals surface area contributed by atoms with Crippen LogP contribution in [0.15, 0.2) is 47.2 Å². The van der Waals surface area contributed by atoms with Gasteiger partial charge in [0.2, 0.25) is 5.76 Å². The smallest absolute Gasteiger partial charge is 0.309 e. The molecule has 0 amide bonds. The Bertz CT molecular complexity index is 1050. The van der Waals surface area contributed by atoms with Crippen LogP contribution in [0.4, 0.5) is 0 Å². The Morgan fingerprint density at radius 2 is 1.77 bits per heavy atom. The van der Waals surface area contributed by atoms with Crippen LogP contribution >= 0.6 is 0 Å². The first-order valence-corrected chi connectivity index (χ1v) is 12.9. The molecule has 4 rings (SSSR count). The van der Waals surface area contributed by atoms with E-state index in [1.54, 1.807) is 6.20 Å². The van der Waals surface area contributed by atoms with Gasteiger partial charge in [0.1, 0.15) is 11.5 Å². The summed E-state index contributed by atoms with van der Waals surface area (Å²) in [4.78, 5) is 16.1. The van der Waals surface area contributed by atoms with Crippen LogP contribution in [0, 0.1) is 17.8 Å². The van der Waals surface area contributed by atoms with E-state index in [9.17, 15) is 4.79 Å². The Morgan fingerprint density at radius 1 is 1.09 bits per heavy atom. The van der Waals surface area contributed by atoms with Crippen LogP contribution < -0.4 is 0 Å². The summed E-state index contributed by atoms with van der Waals surface area (Å²) in [6.45, 7) is 17.0. The van der Waals surface area contributed by atoms with Gasteiger partial charge in [-0.25, -0.2) is 4.98 Å². The fraction of sp³-hybridized carbons (Fsp3) is 0.483. The normalized spacial score (nSPS) is 15.0. The first-order chi connectivity index (χ1) is 17.2. The maximum atomic E-state index is 11.8. The minimum absolute atomic E-state index is 0.00298. The van der Waals surface area contributed by atoms with Crippen LogP contribution in [-0.4, -0.2) is 27.3 Å². The summed E-state index contributed by atoms with van der Waals surface area (Å²) < 4.78 is 12.5. The second kappa shape index (κ2) is 16.3. The van der Waals surface area contributed by atoms with E-state index in [2.05, 4.69) is 33.5 Å². The largest absolute Gasteiger partial charge is 0.466 e. The Labute approximate surface area is 211 Å². The van der Waals surface area contributed by atoms with Gasteiger partial charge in [-0.2, -0.15) is 0 Å². The highest BCUT2D eigenvalue weighted by atomic mass is 16.5. The van der Waals surface area contributed by atoms with Crippen molar-refractivity contribution >= 4 is 5.97 Å². The fourth-order valence-electron chi connectivity index (χ4n) is 3.44. The first-order valence-electron chi connectivity index (χ1n) is 12.9. The molecule has 3 aromatic rings. The monoisotopic (exact) mass is 479 g/mol.